The number of esters is 2. The molecule has 12 heteroatoms. The number of carbonyl (C=O) groups excluding carboxylic acids is 3. The van der Waals surface area contributed by atoms with Crippen molar-refractivity contribution in [3.63, 3.8) is 0 Å². The summed E-state index contributed by atoms with van der Waals surface area (Å²) in [6, 6.07) is 33.7. The van der Waals surface area contributed by atoms with Gasteiger partial charge in [0.1, 0.15) is 31.3 Å². The van der Waals surface area contributed by atoms with E-state index in [0.29, 0.717) is 28.2 Å². The van der Waals surface area contributed by atoms with Gasteiger partial charge >= 0.3 is 18.0 Å². The van der Waals surface area contributed by atoms with Gasteiger partial charge in [0.25, 0.3) is 5.69 Å². The van der Waals surface area contributed by atoms with Crippen LogP contribution in [0.2, 0.25) is 0 Å². The number of amides is 1. The fourth-order valence-corrected chi connectivity index (χ4v) is 6.38. The maximum absolute atomic E-state index is 13.8. The lowest BCUT2D eigenvalue weighted by Gasteiger charge is -2.20. The third-order valence-electron chi connectivity index (χ3n) is 9.10. The second-order valence-corrected chi connectivity index (χ2v) is 12.6. The second-order valence-electron chi connectivity index (χ2n) is 12.6. The fourth-order valence-electron chi connectivity index (χ4n) is 6.38. The number of hydrogen-bond donors (Lipinski definition) is 1. The third-order valence-corrected chi connectivity index (χ3v) is 9.10. The van der Waals surface area contributed by atoms with Crippen LogP contribution in [0.5, 0.6) is 11.5 Å². The van der Waals surface area contributed by atoms with E-state index in [2.05, 4.69) is 24.0 Å². The van der Waals surface area contributed by atoms with Gasteiger partial charge in [-0.15, -0.1) is 0 Å². The van der Waals surface area contributed by atoms with Gasteiger partial charge in [0.2, 0.25) is 0 Å². The fraction of sp³-hybridized carbons (Fsp3) is 0.186. The van der Waals surface area contributed by atoms with Gasteiger partial charge in [0, 0.05) is 18.1 Å². The highest BCUT2D eigenvalue weighted by molar-refractivity contribution is 5.88. The van der Waals surface area contributed by atoms with Crippen LogP contribution in [0.1, 0.15) is 39.7 Å². The lowest BCUT2D eigenvalue weighted by atomic mass is 9.91. The van der Waals surface area contributed by atoms with Crippen LogP contribution in [0.25, 0.3) is 11.1 Å². The minimum Gasteiger partial charge on any atom is -0.495 e. The molecule has 280 valence electrons. The van der Waals surface area contributed by atoms with Crippen molar-refractivity contribution in [3.05, 3.63) is 166 Å². The summed E-state index contributed by atoms with van der Waals surface area (Å²) in [5, 5.41) is 14.1. The lowest BCUT2D eigenvalue weighted by Crippen LogP contribution is -2.20. The molecule has 1 amide bonds. The van der Waals surface area contributed by atoms with Gasteiger partial charge in [-0.2, -0.15) is 0 Å². The Balaban J connectivity index is 1.16. The number of rotatable bonds is 16. The van der Waals surface area contributed by atoms with Crippen LogP contribution in [0.15, 0.2) is 128 Å². The van der Waals surface area contributed by atoms with E-state index in [-0.39, 0.29) is 50.1 Å². The third kappa shape index (κ3) is 9.35. The molecule has 0 radical (unpaired) electrons. The first-order valence-corrected chi connectivity index (χ1v) is 17.4. The van der Waals surface area contributed by atoms with E-state index in [1.165, 1.54) is 25.3 Å². The normalized spacial score (nSPS) is 12.0. The summed E-state index contributed by atoms with van der Waals surface area (Å²) >= 11 is 0. The summed E-state index contributed by atoms with van der Waals surface area (Å²) in [7, 11) is 1.46. The molecule has 0 aliphatic heterocycles. The molecule has 5 aromatic rings. The standard InChI is InChI=1S/C43H38N2O10/c1-3-22-52-41(46)27-53-32-19-14-29(15-20-32)25-54-42(47)37(23-28-12-17-31(18-13-28)45(49)50)30-16-21-40(51-2)39(24-30)44-43(48)55-26-38-35-10-6-4-8-33(35)34-9-5-7-11-36(34)38/h3-21,24,37-38H,1,22-23,25-27H2,2H3,(H,44,48). The van der Waals surface area contributed by atoms with Crippen molar-refractivity contribution in [2.24, 2.45) is 0 Å². The Morgan fingerprint density at radius 3 is 2.13 bits per heavy atom. The Labute approximate surface area is 317 Å². The number of hydrogen-bond acceptors (Lipinski definition) is 10. The molecule has 12 nitrogen and oxygen atoms in total. The summed E-state index contributed by atoms with van der Waals surface area (Å²) in [6.45, 7) is 3.35. The smallest absolute Gasteiger partial charge is 0.411 e. The number of nitrogens with zero attached hydrogens (tertiary/aromatic N) is 1. The number of nitro groups is 1. The van der Waals surface area contributed by atoms with Crippen LogP contribution < -0.4 is 14.8 Å². The number of non-ortho nitro benzene ring substituents is 1. The molecule has 0 heterocycles. The summed E-state index contributed by atoms with van der Waals surface area (Å²) in [6.07, 6.45) is 0.901. The SMILES string of the molecule is C=CCOC(=O)COc1ccc(COC(=O)C(Cc2ccc([N+](=O)[O-])cc2)c2ccc(OC)c(NC(=O)OCC3c4ccccc4-c4ccccc43)c2)cc1. The molecule has 0 saturated heterocycles. The molecule has 1 aliphatic rings. The molecule has 1 atom stereocenters. The summed E-state index contributed by atoms with van der Waals surface area (Å²) < 4.78 is 27.4. The summed E-state index contributed by atoms with van der Waals surface area (Å²) in [4.78, 5) is 49.6. The molecule has 1 N–H and O–H groups in total. The van der Waals surface area contributed by atoms with Crippen molar-refractivity contribution < 1.29 is 43.0 Å². The predicted molar refractivity (Wildman–Crippen MR) is 204 cm³/mol. The molecule has 0 fully saturated rings. The van der Waals surface area contributed by atoms with Crippen molar-refractivity contribution >= 4 is 29.4 Å². The average molecular weight is 743 g/mol. The number of benzene rings is 5. The van der Waals surface area contributed by atoms with Gasteiger partial charge in [-0.05, 0) is 69.6 Å². The van der Waals surface area contributed by atoms with Crippen molar-refractivity contribution in [3.8, 4) is 22.6 Å². The Kier molecular flexibility index (Phi) is 12.2. The largest absolute Gasteiger partial charge is 0.495 e. The van der Waals surface area contributed by atoms with E-state index in [1.54, 1.807) is 54.6 Å². The van der Waals surface area contributed by atoms with Gasteiger partial charge in [-0.3, -0.25) is 20.2 Å². The van der Waals surface area contributed by atoms with Crippen molar-refractivity contribution in [1.29, 1.82) is 0 Å². The quantitative estimate of drug-likeness (QED) is 0.0345. The van der Waals surface area contributed by atoms with E-state index in [9.17, 15) is 24.5 Å². The highest BCUT2D eigenvalue weighted by Gasteiger charge is 2.30. The molecule has 1 aliphatic carbocycles. The number of ether oxygens (including phenoxy) is 5. The molecular formula is C43H38N2O10. The number of carbonyl (C=O) groups is 3. The maximum atomic E-state index is 13.8. The Morgan fingerprint density at radius 1 is 0.836 bits per heavy atom. The monoisotopic (exact) mass is 742 g/mol. The summed E-state index contributed by atoms with van der Waals surface area (Å²) in [5.74, 6) is -1.35. The number of fused-ring (bicyclic) bond motifs is 3. The first kappa shape index (κ1) is 37.8. The van der Waals surface area contributed by atoms with E-state index in [1.807, 2.05) is 36.4 Å². The average Bonchev–Trinajstić information content (AvgIpc) is 3.53. The molecule has 0 saturated carbocycles. The maximum Gasteiger partial charge on any atom is 0.411 e. The number of methoxy groups -OCH3 is 1. The zero-order valence-corrected chi connectivity index (χ0v) is 30.0. The molecule has 1 unspecified atom stereocenters. The first-order chi connectivity index (χ1) is 26.7. The Bertz CT molecular complexity index is 2140. The molecule has 0 bridgehead atoms. The highest BCUT2D eigenvalue weighted by atomic mass is 16.6. The number of nitro benzene ring substituents is 1. The molecule has 55 heavy (non-hydrogen) atoms. The Hall–Kier alpha value is -6.95. The molecule has 6 rings (SSSR count). The van der Waals surface area contributed by atoms with Crippen LogP contribution in [0.3, 0.4) is 0 Å². The molecular weight excluding hydrogens is 704 g/mol. The minimum atomic E-state index is -0.875. The zero-order valence-electron chi connectivity index (χ0n) is 30.0. The number of nitrogens with one attached hydrogen (secondary N) is 1. The lowest BCUT2D eigenvalue weighted by molar-refractivity contribution is -0.384. The van der Waals surface area contributed by atoms with Crippen molar-refractivity contribution in [1.82, 2.24) is 0 Å². The van der Waals surface area contributed by atoms with E-state index >= 15 is 0 Å². The van der Waals surface area contributed by atoms with Crippen LogP contribution in [0.4, 0.5) is 16.2 Å². The van der Waals surface area contributed by atoms with E-state index < -0.39 is 28.9 Å². The van der Waals surface area contributed by atoms with Gasteiger partial charge in [0.05, 0.1) is 23.6 Å². The van der Waals surface area contributed by atoms with E-state index in [4.69, 9.17) is 23.7 Å². The van der Waals surface area contributed by atoms with Crippen molar-refractivity contribution in [2.75, 3.05) is 32.2 Å². The highest BCUT2D eigenvalue weighted by Crippen LogP contribution is 2.44. The topological polar surface area (TPSA) is 153 Å². The Morgan fingerprint density at radius 2 is 1.49 bits per heavy atom. The van der Waals surface area contributed by atoms with Crippen molar-refractivity contribution in [2.45, 2.75) is 24.9 Å². The molecule has 5 aromatic carbocycles. The van der Waals surface area contributed by atoms with Gasteiger partial charge < -0.3 is 23.7 Å². The van der Waals surface area contributed by atoms with E-state index in [0.717, 1.165) is 22.3 Å². The van der Waals surface area contributed by atoms with Gasteiger partial charge in [0.15, 0.2) is 6.61 Å². The van der Waals surface area contributed by atoms with Crippen LogP contribution in [-0.4, -0.2) is 49.9 Å². The van der Waals surface area contributed by atoms with Crippen LogP contribution in [0, 0.1) is 10.1 Å². The molecule has 0 spiro atoms. The first-order valence-electron chi connectivity index (χ1n) is 17.4. The summed E-state index contributed by atoms with van der Waals surface area (Å²) in [5.41, 5.74) is 6.40. The predicted octanol–water partition coefficient (Wildman–Crippen LogP) is 8.14. The van der Waals surface area contributed by atoms with Crippen LogP contribution in [-0.2, 0) is 36.8 Å². The zero-order chi connectivity index (χ0) is 38.7. The second kappa shape index (κ2) is 17.7. The van der Waals surface area contributed by atoms with Gasteiger partial charge in [-0.25, -0.2) is 9.59 Å². The van der Waals surface area contributed by atoms with Crippen LogP contribution >= 0.6 is 0 Å². The number of anilines is 1. The van der Waals surface area contributed by atoms with Gasteiger partial charge in [-0.1, -0.05) is 91.5 Å². The minimum absolute atomic E-state index is 0.0712. The molecule has 0 aromatic heterocycles.